The molecule has 1 aromatic carbocycles. The van der Waals surface area contributed by atoms with Crippen molar-refractivity contribution >= 4 is 5.97 Å². The average Bonchev–Trinajstić information content (AvgIpc) is 2.35. The van der Waals surface area contributed by atoms with Crippen LogP contribution in [0.15, 0.2) is 29.2 Å². The number of carboxylic acids is 1. The van der Waals surface area contributed by atoms with Crippen LogP contribution in [0, 0.1) is 13.8 Å². The molecular formula is C14H14N2O3. The molecule has 0 amide bonds. The molecule has 1 aromatic heterocycles. The van der Waals surface area contributed by atoms with Gasteiger partial charge in [0.05, 0.1) is 5.69 Å². The van der Waals surface area contributed by atoms with Crippen molar-refractivity contribution in [3.05, 3.63) is 51.6 Å². The minimum absolute atomic E-state index is 0.0188. The number of nitrogens with zero attached hydrogens (tertiary/aromatic N) is 2. The van der Waals surface area contributed by atoms with Gasteiger partial charge < -0.3 is 9.67 Å². The van der Waals surface area contributed by atoms with E-state index in [0.717, 1.165) is 15.7 Å². The van der Waals surface area contributed by atoms with Crippen molar-refractivity contribution in [3.8, 4) is 11.3 Å². The Morgan fingerprint density at radius 1 is 1.26 bits per heavy atom. The molecule has 5 heteroatoms. The molecule has 0 atom stereocenters. The van der Waals surface area contributed by atoms with Crippen LogP contribution in [-0.4, -0.2) is 20.6 Å². The number of aromatic nitrogens is 2. The monoisotopic (exact) mass is 258 g/mol. The Kier molecular flexibility index (Phi) is 3.21. The third-order valence-electron chi connectivity index (χ3n) is 3.10. The van der Waals surface area contributed by atoms with Crippen LogP contribution in [0.1, 0.15) is 21.5 Å². The molecule has 2 rings (SSSR count). The summed E-state index contributed by atoms with van der Waals surface area (Å²) < 4.78 is 1.16. The number of hydrogen-bond donors (Lipinski definition) is 1. The van der Waals surface area contributed by atoms with E-state index in [1.54, 1.807) is 6.07 Å². The van der Waals surface area contributed by atoms with E-state index < -0.39 is 11.7 Å². The summed E-state index contributed by atoms with van der Waals surface area (Å²) in [7, 11) is 1.48. The third-order valence-corrected chi connectivity index (χ3v) is 3.10. The number of aromatic carboxylic acids is 1. The van der Waals surface area contributed by atoms with E-state index in [-0.39, 0.29) is 11.3 Å². The normalized spacial score (nSPS) is 10.5. The molecule has 2 aromatic rings. The van der Waals surface area contributed by atoms with Crippen molar-refractivity contribution < 1.29 is 9.90 Å². The van der Waals surface area contributed by atoms with Crippen LogP contribution in [-0.2, 0) is 7.05 Å². The lowest BCUT2D eigenvalue weighted by molar-refractivity contribution is 0.0696. The minimum atomic E-state index is -1.10. The van der Waals surface area contributed by atoms with Gasteiger partial charge in [-0.2, -0.15) is 4.98 Å². The highest BCUT2D eigenvalue weighted by Gasteiger charge is 2.15. The zero-order chi connectivity index (χ0) is 14.2. The van der Waals surface area contributed by atoms with E-state index in [1.165, 1.54) is 13.2 Å². The van der Waals surface area contributed by atoms with Gasteiger partial charge in [0.2, 0.25) is 0 Å². The summed E-state index contributed by atoms with van der Waals surface area (Å²) in [6.07, 6.45) is 1.29. The molecule has 0 unspecified atom stereocenters. The van der Waals surface area contributed by atoms with Gasteiger partial charge in [-0.1, -0.05) is 12.1 Å². The van der Waals surface area contributed by atoms with E-state index in [9.17, 15) is 14.7 Å². The molecule has 0 saturated heterocycles. The van der Waals surface area contributed by atoms with Gasteiger partial charge in [0, 0.05) is 18.8 Å². The van der Waals surface area contributed by atoms with E-state index in [0.29, 0.717) is 5.56 Å². The van der Waals surface area contributed by atoms with Crippen molar-refractivity contribution in [2.24, 2.45) is 7.05 Å². The largest absolute Gasteiger partial charge is 0.478 e. The number of hydrogen-bond acceptors (Lipinski definition) is 3. The molecule has 0 saturated carbocycles. The van der Waals surface area contributed by atoms with Crippen LogP contribution in [0.5, 0.6) is 0 Å². The SMILES string of the molecule is Cc1ccc(-c2nc(=O)n(C)cc2C(=O)O)cc1C. The number of benzene rings is 1. The summed E-state index contributed by atoms with van der Waals surface area (Å²) in [5.41, 5.74) is 2.52. The van der Waals surface area contributed by atoms with Crippen molar-refractivity contribution in [1.82, 2.24) is 9.55 Å². The molecular weight excluding hydrogens is 244 g/mol. The second kappa shape index (κ2) is 4.68. The smallest absolute Gasteiger partial charge is 0.347 e. The zero-order valence-corrected chi connectivity index (χ0v) is 11.0. The molecule has 0 aliphatic heterocycles. The fraction of sp³-hybridized carbons (Fsp3) is 0.214. The standard InChI is InChI=1S/C14H14N2O3/c1-8-4-5-10(6-9(8)2)12-11(13(17)18)7-16(3)14(19)15-12/h4-7H,1-3H3,(H,17,18). The topological polar surface area (TPSA) is 72.2 Å². The highest BCUT2D eigenvalue weighted by Crippen LogP contribution is 2.22. The maximum Gasteiger partial charge on any atom is 0.347 e. The van der Waals surface area contributed by atoms with E-state index in [4.69, 9.17) is 0 Å². The van der Waals surface area contributed by atoms with Gasteiger partial charge in [-0.15, -0.1) is 0 Å². The lowest BCUT2D eigenvalue weighted by atomic mass is 10.0. The molecule has 5 nitrogen and oxygen atoms in total. The predicted molar refractivity (Wildman–Crippen MR) is 71.3 cm³/mol. The lowest BCUT2D eigenvalue weighted by Gasteiger charge is -2.08. The Hall–Kier alpha value is -2.43. The summed E-state index contributed by atoms with van der Waals surface area (Å²) in [5, 5.41) is 9.21. The average molecular weight is 258 g/mol. The first-order chi connectivity index (χ1) is 8.90. The predicted octanol–water partition coefficient (Wildman–Crippen LogP) is 1.76. The highest BCUT2D eigenvalue weighted by atomic mass is 16.4. The van der Waals surface area contributed by atoms with E-state index >= 15 is 0 Å². The second-order valence-electron chi connectivity index (χ2n) is 4.50. The van der Waals surface area contributed by atoms with Gasteiger partial charge >= 0.3 is 11.7 Å². The Labute approximate surface area is 110 Å². The van der Waals surface area contributed by atoms with Crippen molar-refractivity contribution in [1.29, 1.82) is 0 Å². The highest BCUT2D eigenvalue weighted by molar-refractivity contribution is 5.94. The third kappa shape index (κ3) is 2.40. The Morgan fingerprint density at radius 3 is 2.53 bits per heavy atom. The Bertz CT molecular complexity index is 717. The quantitative estimate of drug-likeness (QED) is 0.890. The molecule has 0 fully saturated rings. The van der Waals surface area contributed by atoms with Gasteiger partial charge in [0.15, 0.2) is 0 Å². The molecule has 0 bridgehead atoms. The van der Waals surface area contributed by atoms with Crippen LogP contribution < -0.4 is 5.69 Å². The van der Waals surface area contributed by atoms with Gasteiger partial charge in [0.25, 0.3) is 0 Å². The molecule has 0 spiro atoms. The maximum atomic E-state index is 11.6. The molecule has 1 N–H and O–H groups in total. The van der Waals surface area contributed by atoms with Crippen LogP contribution in [0.25, 0.3) is 11.3 Å². The molecule has 0 radical (unpaired) electrons. The number of carboxylic acid groups (broad SMARTS) is 1. The number of carbonyl (C=O) groups is 1. The molecule has 0 aliphatic carbocycles. The first-order valence-corrected chi connectivity index (χ1v) is 5.78. The first kappa shape index (κ1) is 13.0. The zero-order valence-electron chi connectivity index (χ0n) is 11.0. The van der Waals surface area contributed by atoms with Crippen molar-refractivity contribution in [2.75, 3.05) is 0 Å². The number of aryl methyl sites for hydroxylation is 3. The fourth-order valence-electron chi connectivity index (χ4n) is 1.81. The van der Waals surface area contributed by atoms with Crippen LogP contribution in [0.4, 0.5) is 0 Å². The number of rotatable bonds is 2. The summed E-state index contributed by atoms with van der Waals surface area (Å²) in [5.74, 6) is -1.10. The lowest BCUT2D eigenvalue weighted by Crippen LogP contribution is -2.22. The van der Waals surface area contributed by atoms with Gasteiger partial charge in [-0.25, -0.2) is 9.59 Å². The van der Waals surface area contributed by atoms with Crippen LogP contribution >= 0.6 is 0 Å². The summed E-state index contributed by atoms with van der Waals surface area (Å²) in [6.45, 7) is 3.90. The van der Waals surface area contributed by atoms with E-state index in [2.05, 4.69) is 4.98 Å². The van der Waals surface area contributed by atoms with Crippen LogP contribution in [0.2, 0.25) is 0 Å². The summed E-state index contributed by atoms with van der Waals surface area (Å²) in [6, 6.07) is 5.50. The Morgan fingerprint density at radius 2 is 1.95 bits per heavy atom. The fourth-order valence-corrected chi connectivity index (χ4v) is 1.81. The molecule has 98 valence electrons. The summed E-state index contributed by atoms with van der Waals surface area (Å²) in [4.78, 5) is 26.7. The van der Waals surface area contributed by atoms with Crippen molar-refractivity contribution in [2.45, 2.75) is 13.8 Å². The summed E-state index contributed by atoms with van der Waals surface area (Å²) >= 11 is 0. The van der Waals surface area contributed by atoms with E-state index in [1.807, 2.05) is 26.0 Å². The van der Waals surface area contributed by atoms with Crippen molar-refractivity contribution in [3.63, 3.8) is 0 Å². The van der Waals surface area contributed by atoms with Gasteiger partial charge in [-0.3, -0.25) is 0 Å². The van der Waals surface area contributed by atoms with Gasteiger partial charge in [0.1, 0.15) is 5.56 Å². The minimum Gasteiger partial charge on any atom is -0.478 e. The van der Waals surface area contributed by atoms with Crippen LogP contribution in [0.3, 0.4) is 0 Å². The molecule has 0 aliphatic rings. The molecule has 19 heavy (non-hydrogen) atoms. The Balaban J connectivity index is 2.73. The maximum absolute atomic E-state index is 11.6. The van der Waals surface area contributed by atoms with Gasteiger partial charge in [-0.05, 0) is 31.0 Å². The first-order valence-electron chi connectivity index (χ1n) is 5.78. The molecule has 1 heterocycles. The second-order valence-corrected chi connectivity index (χ2v) is 4.50.